The van der Waals surface area contributed by atoms with E-state index in [1.54, 1.807) is 11.8 Å². The summed E-state index contributed by atoms with van der Waals surface area (Å²) in [5, 5.41) is 1.09. The van der Waals surface area contributed by atoms with Crippen LogP contribution >= 0.6 is 24.4 Å². The lowest BCUT2D eigenvalue weighted by atomic mass is 10.3. The highest BCUT2D eigenvalue weighted by molar-refractivity contribution is 7.99. The lowest BCUT2D eigenvalue weighted by Gasteiger charge is -2.06. The van der Waals surface area contributed by atoms with E-state index in [2.05, 4.69) is 24.5 Å². The third kappa shape index (κ3) is 2.75. The van der Waals surface area contributed by atoms with Gasteiger partial charge in [0.2, 0.25) is 0 Å². The van der Waals surface area contributed by atoms with Gasteiger partial charge in [0.1, 0.15) is 0 Å². The molecule has 12 heavy (non-hydrogen) atoms. The highest BCUT2D eigenvalue weighted by Gasteiger charge is 2.03. The highest BCUT2D eigenvalue weighted by atomic mass is 32.2. The predicted octanol–water partition coefficient (Wildman–Crippen LogP) is 2.08. The van der Waals surface area contributed by atoms with Crippen molar-refractivity contribution >= 4 is 24.4 Å². The molecule has 0 spiro atoms. The van der Waals surface area contributed by atoms with Crippen molar-refractivity contribution in [3.63, 3.8) is 0 Å². The van der Waals surface area contributed by atoms with Crippen molar-refractivity contribution < 1.29 is 0 Å². The number of hydrogen-bond acceptors (Lipinski definition) is 3. The molecule has 1 aromatic rings. The molecule has 0 saturated carbocycles. The van der Waals surface area contributed by atoms with Gasteiger partial charge in [0, 0.05) is 25.2 Å². The van der Waals surface area contributed by atoms with Gasteiger partial charge in [-0.15, -0.1) is 0 Å². The molecule has 4 heteroatoms. The average molecular weight is 202 g/mol. The molecule has 0 aliphatic heterocycles. The number of aryl methyl sites for hydroxylation is 1. The summed E-state index contributed by atoms with van der Waals surface area (Å²) in [6.45, 7) is 2.20. The third-order valence-corrected chi connectivity index (χ3v) is 3.60. The van der Waals surface area contributed by atoms with Crippen LogP contribution in [0.1, 0.15) is 6.92 Å². The Hall–Kier alpha value is -0.0900. The lowest BCUT2D eigenvalue weighted by Crippen LogP contribution is -2.00. The van der Waals surface area contributed by atoms with Crippen molar-refractivity contribution in [2.75, 3.05) is 11.5 Å². The molecule has 0 bridgehead atoms. The summed E-state index contributed by atoms with van der Waals surface area (Å²) >= 11 is 6.02. The number of thioether (sulfide) groups is 1. The van der Waals surface area contributed by atoms with E-state index in [9.17, 15) is 0 Å². The van der Waals surface area contributed by atoms with Crippen molar-refractivity contribution in [3.8, 4) is 0 Å². The Balaban J connectivity index is 2.38. The largest absolute Gasteiger partial charge is 0.329 e. The first-order valence-corrected chi connectivity index (χ1v) is 5.57. The smallest absolute Gasteiger partial charge is 0.167 e. The topological polar surface area (TPSA) is 17.8 Å². The van der Waals surface area contributed by atoms with E-state index >= 15 is 0 Å². The summed E-state index contributed by atoms with van der Waals surface area (Å²) in [5.74, 6) is 2.68. The van der Waals surface area contributed by atoms with E-state index in [-0.39, 0.29) is 0 Å². The fourth-order valence-corrected chi connectivity index (χ4v) is 2.02. The van der Waals surface area contributed by atoms with Gasteiger partial charge in [-0.05, 0) is 11.7 Å². The average Bonchev–Trinajstić information content (AvgIpc) is 2.47. The highest BCUT2D eigenvalue weighted by Crippen LogP contribution is 2.18. The first-order chi connectivity index (χ1) is 5.74. The normalized spacial score (nSPS) is 13.2. The van der Waals surface area contributed by atoms with Crippen LogP contribution in [0.15, 0.2) is 17.6 Å². The predicted molar refractivity (Wildman–Crippen MR) is 56.9 cm³/mol. The van der Waals surface area contributed by atoms with Gasteiger partial charge in [-0.1, -0.05) is 18.7 Å². The minimum absolute atomic E-state index is 0.648. The number of thiol groups is 1. The van der Waals surface area contributed by atoms with Crippen LogP contribution in [0.5, 0.6) is 0 Å². The maximum Gasteiger partial charge on any atom is 0.167 e. The molecule has 1 unspecified atom stereocenters. The zero-order valence-corrected chi connectivity index (χ0v) is 9.11. The second-order valence-electron chi connectivity index (χ2n) is 2.92. The standard InChI is InChI=1S/C8H14N2S2/c1-7(5-11)6-12-8-9-3-4-10(8)2/h3-4,7,11H,5-6H2,1-2H3. The second kappa shape index (κ2) is 4.82. The minimum Gasteiger partial charge on any atom is -0.329 e. The molecule has 2 nitrogen and oxygen atoms in total. The van der Waals surface area contributed by atoms with E-state index in [1.807, 2.05) is 24.0 Å². The van der Waals surface area contributed by atoms with Crippen LogP contribution in [0.25, 0.3) is 0 Å². The SMILES string of the molecule is CC(CS)CSc1nccn1C. The van der Waals surface area contributed by atoms with Gasteiger partial charge in [-0.2, -0.15) is 12.6 Å². The number of aromatic nitrogens is 2. The maximum absolute atomic E-state index is 4.23. The second-order valence-corrected chi connectivity index (χ2v) is 4.27. The zero-order valence-electron chi connectivity index (χ0n) is 7.40. The van der Waals surface area contributed by atoms with Crippen molar-refractivity contribution in [1.82, 2.24) is 9.55 Å². The van der Waals surface area contributed by atoms with Crippen LogP contribution < -0.4 is 0 Å². The monoisotopic (exact) mass is 202 g/mol. The van der Waals surface area contributed by atoms with Crippen LogP contribution in [0, 0.1) is 5.92 Å². The zero-order chi connectivity index (χ0) is 8.97. The molecule has 0 aliphatic rings. The third-order valence-electron chi connectivity index (χ3n) is 1.59. The van der Waals surface area contributed by atoms with Crippen LogP contribution in [-0.4, -0.2) is 21.1 Å². The molecule has 68 valence electrons. The van der Waals surface area contributed by atoms with Crippen LogP contribution in [0.4, 0.5) is 0 Å². The fourth-order valence-electron chi connectivity index (χ4n) is 0.761. The van der Waals surface area contributed by atoms with Crippen molar-refractivity contribution in [3.05, 3.63) is 12.4 Å². The van der Waals surface area contributed by atoms with E-state index in [4.69, 9.17) is 0 Å². The number of rotatable bonds is 4. The summed E-state index contributed by atoms with van der Waals surface area (Å²) in [6, 6.07) is 0. The molecule has 0 aromatic carbocycles. The Kier molecular flexibility index (Phi) is 4.01. The van der Waals surface area contributed by atoms with Crippen molar-refractivity contribution in [1.29, 1.82) is 0 Å². The molecule has 0 radical (unpaired) electrons. The number of imidazole rings is 1. The van der Waals surface area contributed by atoms with Gasteiger partial charge in [-0.3, -0.25) is 0 Å². The van der Waals surface area contributed by atoms with Crippen LogP contribution in [0.3, 0.4) is 0 Å². The van der Waals surface area contributed by atoms with Crippen molar-refractivity contribution in [2.24, 2.45) is 13.0 Å². The van der Waals surface area contributed by atoms with E-state index < -0.39 is 0 Å². The van der Waals surface area contributed by atoms with Crippen LogP contribution in [-0.2, 0) is 7.05 Å². The molecule has 1 aromatic heterocycles. The van der Waals surface area contributed by atoms with Gasteiger partial charge in [0.15, 0.2) is 5.16 Å². The molecular formula is C8H14N2S2. The molecule has 1 rings (SSSR count). The van der Waals surface area contributed by atoms with Gasteiger partial charge >= 0.3 is 0 Å². The minimum atomic E-state index is 0.648. The van der Waals surface area contributed by atoms with Gasteiger partial charge in [0.25, 0.3) is 0 Å². The summed E-state index contributed by atoms with van der Waals surface area (Å²) in [7, 11) is 2.01. The number of hydrogen-bond donors (Lipinski definition) is 1. The fraction of sp³-hybridized carbons (Fsp3) is 0.625. The Labute approximate surface area is 83.2 Å². The summed E-state index contributed by atoms with van der Waals surface area (Å²) in [4.78, 5) is 4.22. The summed E-state index contributed by atoms with van der Waals surface area (Å²) in [6.07, 6.45) is 3.79. The maximum atomic E-state index is 4.23. The van der Waals surface area contributed by atoms with E-state index in [1.165, 1.54) is 0 Å². The molecule has 0 N–H and O–H groups in total. The molecular weight excluding hydrogens is 188 g/mol. The molecule has 1 atom stereocenters. The van der Waals surface area contributed by atoms with E-state index in [0.717, 1.165) is 16.7 Å². The molecule has 0 fully saturated rings. The Morgan fingerprint density at radius 1 is 1.75 bits per heavy atom. The Morgan fingerprint density at radius 3 is 3.00 bits per heavy atom. The van der Waals surface area contributed by atoms with E-state index in [0.29, 0.717) is 5.92 Å². The quantitative estimate of drug-likeness (QED) is 0.595. The molecule has 0 aliphatic carbocycles. The van der Waals surface area contributed by atoms with Gasteiger partial charge < -0.3 is 4.57 Å². The lowest BCUT2D eigenvalue weighted by molar-refractivity contribution is 0.751. The molecule has 1 heterocycles. The van der Waals surface area contributed by atoms with Gasteiger partial charge in [-0.25, -0.2) is 4.98 Å². The van der Waals surface area contributed by atoms with Crippen molar-refractivity contribution in [2.45, 2.75) is 12.1 Å². The first-order valence-electron chi connectivity index (χ1n) is 3.95. The van der Waals surface area contributed by atoms with Crippen LogP contribution in [0.2, 0.25) is 0 Å². The first kappa shape index (κ1) is 9.99. The Morgan fingerprint density at radius 2 is 2.50 bits per heavy atom. The van der Waals surface area contributed by atoms with Gasteiger partial charge in [0.05, 0.1) is 0 Å². The molecule has 0 amide bonds. The summed E-state index contributed by atoms with van der Waals surface area (Å²) in [5.41, 5.74) is 0. The number of nitrogens with zero attached hydrogens (tertiary/aromatic N) is 2. The molecule has 0 saturated heterocycles. The summed E-state index contributed by atoms with van der Waals surface area (Å²) < 4.78 is 2.04. The Bertz CT molecular complexity index is 235.